The van der Waals surface area contributed by atoms with E-state index in [1.54, 1.807) is 14.0 Å². The van der Waals surface area contributed by atoms with Gasteiger partial charge < -0.3 is 14.6 Å². The van der Waals surface area contributed by atoms with Crippen molar-refractivity contribution >= 4 is 0 Å². The Kier molecular flexibility index (Phi) is 4.64. The van der Waals surface area contributed by atoms with Crippen molar-refractivity contribution in [3.63, 3.8) is 0 Å². The van der Waals surface area contributed by atoms with Crippen LogP contribution in [0.5, 0.6) is 11.5 Å². The Bertz CT molecular complexity index is 576. The molecule has 3 nitrogen and oxygen atoms in total. The average molecular weight is 272 g/mol. The van der Waals surface area contributed by atoms with Crippen LogP contribution in [0.15, 0.2) is 42.5 Å². The molecular formula is C17H20O3. The van der Waals surface area contributed by atoms with Gasteiger partial charge in [-0.3, -0.25) is 0 Å². The zero-order valence-corrected chi connectivity index (χ0v) is 12.1. The van der Waals surface area contributed by atoms with Gasteiger partial charge in [-0.05, 0) is 43.2 Å². The molecule has 0 spiro atoms. The molecule has 0 unspecified atom stereocenters. The number of aliphatic hydroxyl groups is 1. The lowest BCUT2D eigenvalue weighted by Gasteiger charge is -2.14. The molecule has 1 atom stereocenters. The summed E-state index contributed by atoms with van der Waals surface area (Å²) in [6.07, 6.45) is -0.545. The fourth-order valence-corrected chi connectivity index (χ4v) is 2.04. The van der Waals surface area contributed by atoms with Gasteiger partial charge in [0.1, 0.15) is 18.1 Å². The SMILES string of the molecule is COc1cccc(COc2cc(C)ccc2[C@@H](C)O)c1. The van der Waals surface area contributed by atoms with Gasteiger partial charge in [0.25, 0.3) is 0 Å². The first-order valence-electron chi connectivity index (χ1n) is 6.64. The van der Waals surface area contributed by atoms with Crippen LogP contribution in [0.25, 0.3) is 0 Å². The molecule has 0 heterocycles. The van der Waals surface area contributed by atoms with Crippen molar-refractivity contribution in [2.24, 2.45) is 0 Å². The van der Waals surface area contributed by atoms with E-state index in [1.807, 2.05) is 49.4 Å². The van der Waals surface area contributed by atoms with Crippen molar-refractivity contribution in [3.8, 4) is 11.5 Å². The second-order valence-electron chi connectivity index (χ2n) is 4.86. The van der Waals surface area contributed by atoms with Crippen LogP contribution < -0.4 is 9.47 Å². The van der Waals surface area contributed by atoms with Crippen molar-refractivity contribution < 1.29 is 14.6 Å². The Morgan fingerprint density at radius 2 is 1.95 bits per heavy atom. The van der Waals surface area contributed by atoms with Crippen molar-refractivity contribution in [1.82, 2.24) is 0 Å². The van der Waals surface area contributed by atoms with Gasteiger partial charge in [0.2, 0.25) is 0 Å². The molecule has 0 aliphatic carbocycles. The van der Waals surface area contributed by atoms with Gasteiger partial charge in [-0.2, -0.15) is 0 Å². The number of aryl methyl sites for hydroxylation is 1. The predicted octanol–water partition coefficient (Wildman–Crippen LogP) is 3.64. The summed E-state index contributed by atoms with van der Waals surface area (Å²) in [6.45, 7) is 4.19. The number of methoxy groups -OCH3 is 1. The summed E-state index contributed by atoms with van der Waals surface area (Å²) >= 11 is 0. The molecule has 0 fully saturated rings. The number of hydrogen-bond donors (Lipinski definition) is 1. The lowest BCUT2D eigenvalue weighted by atomic mass is 10.1. The number of benzene rings is 2. The fourth-order valence-electron chi connectivity index (χ4n) is 2.04. The molecule has 0 aromatic heterocycles. The minimum absolute atomic E-state index is 0.445. The topological polar surface area (TPSA) is 38.7 Å². The maximum absolute atomic E-state index is 9.77. The molecule has 3 heteroatoms. The molecule has 0 aliphatic rings. The number of hydrogen-bond acceptors (Lipinski definition) is 3. The van der Waals surface area contributed by atoms with Crippen LogP contribution in [0.1, 0.15) is 29.7 Å². The predicted molar refractivity (Wildman–Crippen MR) is 79.1 cm³/mol. The normalized spacial score (nSPS) is 12.0. The maximum Gasteiger partial charge on any atom is 0.125 e. The molecule has 0 saturated carbocycles. The summed E-state index contributed by atoms with van der Waals surface area (Å²) in [4.78, 5) is 0. The molecule has 20 heavy (non-hydrogen) atoms. The van der Waals surface area contributed by atoms with E-state index in [1.165, 1.54) is 0 Å². The van der Waals surface area contributed by atoms with Gasteiger partial charge in [-0.1, -0.05) is 24.3 Å². The highest BCUT2D eigenvalue weighted by Crippen LogP contribution is 2.27. The standard InChI is InChI=1S/C17H20O3/c1-12-7-8-16(13(2)18)17(9-12)20-11-14-5-4-6-15(10-14)19-3/h4-10,13,18H,11H2,1-3H3/t13-/m1/s1. The van der Waals surface area contributed by atoms with E-state index in [0.29, 0.717) is 6.61 Å². The van der Waals surface area contributed by atoms with Gasteiger partial charge in [0.05, 0.1) is 13.2 Å². The minimum atomic E-state index is -0.545. The van der Waals surface area contributed by atoms with Gasteiger partial charge in [-0.25, -0.2) is 0 Å². The Morgan fingerprint density at radius 1 is 1.15 bits per heavy atom. The van der Waals surface area contributed by atoms with Crippen LogP contribution >= 0.6 is 0 Å². The average Bonchev–Trinajstić information content (AvgIpc) is 2.45. The Balaban J connectivity index is 2.15. The van der Waals surface area contributed by atoms with E-state index in [2.05, 4.69) is 0 Å². The second kappa shape index (κ2) is 6.44. The van der Waals surface area contributed by atoms with E-state index in [9.17, 15) is 5.11 Å². The first-order valence-corrected chi connectivity index (χ1v) is 6.64. The first-order chi connectivity index (χ1) is 9.60. The summed E-state index contributed by atoms with van der Waals surface area (Å²) in [6, 6.07) is 13.6. The zero-order valence-electron chi connectivity index (χ0n) is 12.1. The molecule has 0 radical (unpaired) electrons. The first kappa shape index (κ1) is 14.4. The van der Waals surface area contributed by atoms with E-state index < -0.39 is 6.10 Å². The van der Waals surface area contributed by atoms with Crippen molar-refractivity contribution in [2.75, 3.05) is 7.11 Å². The monoisotopic (exact) mass is 272 g/mol. The van der Waals surface area contributed by atoms with E-state index in [-0.39, 0.29) is 0 Å². The summed E-state index contributed by atoms with van der Waals surface area (Å²) in [7, 11) is 1.64. The second-order valence-corrected chi connectivity index (χ2v) is 4.86. The van der Waals surface area contributed by atoms with Crippen LogP contribution in [-0.2, 0) is 6.61 Å². The number of rotatable bonds is 5. The lowest BCUT2D eigenvalue weighted by molar-refractivity contribution is 0.190. The van der Waals surface area contributed by atoms with Crippen molar-refractivity contribution in [3.05, 3.63) is 59.2 Å². The third-order valence-corrected chi connectivity index (χ3v) is 3.15. The van der Waals surface area contributed by atoms with Crippen molar-refractivity contribution in [2.45, 2.75) is 26.6 Å². The molecule has 0 saturated heterocycles. The third kappa shape index (κ3) is 3.52. The lowest BCUT2D eigenvalue weighted by Crippen LogP contribution is -2.01. The highest BCUT2D eigenvalue weighted by atomic mass is 16.5. The number of aliphatic hydroxyl groups excluding tert-OH is 1. The Morgan fingerprint density at radius 3 is 2.65 bits per heavy atom. The highest BCUT2D eigenvalue weighted by molar-refractivity contribution is 5.38. The Labute approximate surface area is 119 Å². The molecule has 0 amide bonds. The summed E-state index contributed by atoms with van der Waals surface area (Å²) in [5, 5.41) is 9.77. The van der Waals surface area contributed by atoms with E-state index in [4.69, 9.17) is 9.47 Å². The van der Waals surface area contributed by atoms with Crippen LogP contribution in [0, 0.1) is 6.92 Å². The van der Waals surface area contributed by atoms with Crippen LogP contribution in [0.2, 0.25) is 0 Å². The molecule has 1 N–H and O–H groups in total. The molecule has 2 aromatic carbocycles. The van der Waals surface area contributed by atoms with Gasteiger partial charge in [0.15, 0.2) is 0 Å². The maximum atomic E-state index is 9.77. The Hall–Kier alpha value is -2.00. The van der Waals surface area contributed by atoms with E-state index in [0.717, 1.165) is 28.2 Å². The third-order valence-electron chi connectivity index (χ3n) is 3.15. The highest BCUT2D eigenvalue weighted by Gasteiger charge is 2.09. The van der Waals surface area contributed by atoms with Crippen LogP contribution in [0.3, 0.4) is 0 Å². The largest absolute Gasteiger partial charge is 0.497 e. The molecule has 2 rings (SSSR count). The van der Waals surface area contributed by atoms with Crippen LogP contribution in [-0.4, -0.2) is 12.2 Å². The molecule has 106 valence electrons. The zero-order chi connectivity index (χ0) is 14.5. The smallest absolute Gasteiger partial charge is 0.125 e. The summed E-state index contributed by atoms with van der Waals surface area (Å²) < 4.78 is 11.0. The fraction of sp³-hybridized carbons (Fsp3) is 0.294. The minimum Gasteiger partial charge on any atom is -0.497 e. The number of ether oxygens (including phenoxy) is 2. The quantitative estimate of drug-likeness (QED) is 0.903. The van der Waals surface area contributed by atoms with Gasteiger partial charge >= 0.3 is 0 Å². The molecule has 0 bridgehead atoms. The summed E-state index contributed by atoms with van der Waals surface area (Å²) in [5.41, 5.74) is 2.94. The molecular weight excluding hydrogens is 252 g/mol. The van der Waals surface area contributed by atoms with E-state index >= 15 is 0 Å². The molecule has 2 aromatic rings. The van der Waals surface area contributed by atoms with Gasteiger partial charge in [-0.15, -0.1) is 0 Å². The van der Waals surface area contributed by atoms with Crippen LogP contribution in [0.4, 0.5) is 0 Å². The summed E-state index contributed by atoms with van der Waals surface area (Å²) in [5.74, 6) is 1.54. The van der Waals surface area contributed by atoms with Crippen molar-refractivity contribution in [1.29, 1.82) is 0 Å². The van der Waals surface area contributed by atoms with Gasteiger partial charge in [0, 0.05) is 5.56 Å². The molecule has 0 aliphatic heterocycles.